The molecule has 0 radical (unpaired) electrons. The van der Waals surface area contributed by atoms with Crippen LogP contribution in [0.5, 0.6) is 0 Å². The van der Waals surface area contributed by atoms with Crippen LogP contribution in [0.25, 0.3) is 0 Å². The van der Waals surface area contributed by atoms with Crippen LogP contribution in [0.3, 0.4) is 0 Å². The van der Waals surface area contributed by atoms with E-state index in [1.165, 1.54) is 5.57 Å². The van der Waals surface area contributed by atoms with E-state index in [-0.39, 0.29) is 0 Å². The average molecular weight is 249 g/mol. The molecule has 0 saturated carbocycles. The SMILES string of the molecule is CCN(CC)CCOC/C1=C/C/C=C\C=CC1C. The molecule has 102 valence electrons. The van der Waals surface area contributed by atoms with Gasteiger partial charge in [-0.05, 0) is 31.0 Å². The van der Waals surface area contributed by atoms with Gasteiger partial charge in [0, 0.05) is 6.54 Å². The van der Waals surface area contributed by atoms with Crippen molar-refractivity contribution in [3.63, 3.8) is 0 Å². The zero-order valence-electron chi connectivity index (χ0n) is 12.1. The van der Waals surface area contributed by atoms with Crippen LogP contribution in [-0.4, -0.2) is 37.7 Å². The molecule has 1 aliphatic carbocycles. The highest BCUT2D eigenvalue weighted by molar-refractivity contribution is 5.20. The second-order valence-electron chi connectivity index (χ2n) is 4.70. The molecule has 1 aliphatic rings. The summed E-state index contributed by atoms with van der Waals surface area (Å²) in [5.74, 6) is 0.489. The molecule has 0 bridgehead atoms. The van der Waals surface area contributed by atoms with Crippen LogP contribution in [0.4, 0.5) is 0 Å². The second-order valence-corrected chi connectivity index (χ2v) is 4.70. The molecule has 0 aromatic carbocycles. The van der Waals surface area contributed by atoms with Crippen molar-refractivity contribution in [1.82, 2.24) is 4.90 Å². The van der Waals surface area contributed by atoms with E-state index in [0.29, 0.717) is 5.92 Å². The molecule has 1 unspecified atom stereocenters. The molecule has 0 fully saturated rings. The summed E-state index contributed by atoms with van der Waals surface area (Å²) < 4.78 is 5.81. The zero-order chi connectivity index (χ0) is 13.2. The summed E-state index contributed by atoms with van der Waals surface area (Å²) in [6.07, 6.45) is 12.0. The van der Waals surface area contributed by atoms with Crippen molar-refractivity contribution in [2.75, 3.05) is 32.8 Å². The lowest BCUT2D eigenvalue weighted by atomic mass is 9.98. The summed E-state index contributed by atoms with van der Waals surface area (Å²) in [5.41, 5.74) is 1.40. The molecule has 0 N–H and O–H groups in total. The highest BCUT2D eigenvalue weighted by Gasteiger charge is 2.06. The quantitative estimate of drug-likeness (QED) is 0.506. The maximum atomic E-state index is 5.81. The fourth-order valence-corrected chi connectivity index (χ4v) is 2.03. The van der Waals surface area contributed by atoms with E-state index in [9.17, 15) is 0 Å². The van der Waals surface area contributed by atoms with E-state index < -0.39 is 0 Å². The van der Waals surface area contributed by atoms with Crippen molar-refractivity contribution in [3.8, 4) is 0 Å². The van der Waals surface area contributed by atoms with Crippen molar-refractivity contribution in [2.24, 2.45) is 5.92 Å². The number of likely N-dealkylation sites (N-methyl/N-ethyl adjacent to an activating group) is 1. The van der Waals surface area contributed by atoms with Crippen LogP contribution >= 0.6 is 0 Å². The smallest absolute Gasteiger partial charge is 0.0683 e. The standard InChI is InChI=1S/C16H27NO/c1-4-17(5-2)12-13-18-14-16-11-9-7-6-8-10-15(16)3/h6-8,10-11,15H,4-5,9,12-14H2,1-3H3/b7-6-,10-8?,16-11-. The Labute approximate surface area is 112 Å². The van der Waals surface area contributed by atoms with Gasteiger partial charge in [0.1, 0.15) is 0 Å². The summed E-state index contributed by atoms with van der Waals surface area (Å²) in [5, 5.41) is 0. The lowest BCUT2D eigenvalue weighted by molar-refractivity contribution is 0.121. The van der Waals surface area contributed by atoms with Gasteiger partial charge in [0.2, 0.25) is 0 Å². The van der Waals surface area contributed by atoms with Crippen LogP contribution in [0, 0.1) is 5.92 Å². The van der Waals surface area contributed by atoms with Crippen molar-refractivity contribution >= 4 is 0 Å². The van der Waals surface area contributed by atoms with Gasteiger partial charge in [-0.2, -0.15) is 0 Å². The minimum Gasteiger partial charge on any atom is -0.376 e. The molecule has 0 saturated heterocycles. The molecule has 0 amide bonds. The summed E-state index contributed by atoms with van der Waals surface area (Å²) in [4.78, 5) is 2.39. The Bertz CT molecular complexity index is 300. The molecular formula is C16H27NO. The third-order valence-corrected chi connectivity index (χ3v) is 3.46. The van der Waals surface area contributed by atoms with Crippen LogP contribution in [0.2, 0.25) is 0 Å². The van der Waals surface area contributed by atoms with Gasteiger partial charge in [-0.25, -0.2) is 0 Å². The van der Waals surface area contributed by atoms with E-state index in [1.807, 2.05) is 0 Å². The predicted octanol–water partition coefficient (Wildman–Crippen LogP) is 3.42. The predicted molar refractivity (Wildman–Crippen MR) is 78.8 cm³/mol. The van der Waals surface area contributed by atoms with Crippen molar-refractivity contribution in [1.29, 1.82) is 0 Å². The maximum absolute atomic E-state index is 5.81. The Kier molecular flexibility index (Phi) is 7.70. The van der Waals surface area contributed by atoms with E-state index in [0.717, 1.165) is 39.3 Å². The highest BCUT2D eigenvalue weighted by atomic mass is 16.5. The minimum atomic E-state index is 0.489. The average Bonchev–Trinajstić information content (AvgIpc) is 2.37. The van der Waals surface area contributed by atoms with E-state index in [2.05, 4.69) is 56.1 Å². The first-order valence-electron chi connectivity index (χ1n) is 7.10. The van der Waals surface area contributed by atoms with Crippen LogP contribution in [0.15, 0.2) is 36.0 Å². The molecule has 2 nitrogen and oxygen atoms in total. The lowest BCUT2D eigenvalue weighted by Gasteiger charge is -2.19. The lowest BCUT2D eigenvalue weighted by Crippen LogP contribution is -2.27. The topological polar surface area (TPSA) is 12.5 Å². The first kappa shape index (κ1) is 15.2. The van der Waals surface area contributed by atoms with Gasteiger partial charge >= 0.3 is 0 Å². The molecule has 0 heterocycles. The zero-order valence-corrected chi connectivity index (χ0v) is 12.1. The molecule has 0 aliphatic heterocycles. The Balaban J connectivity index is 2.29. The van der Waals surface area contributed by atoms with Gasteiger partial charge in [0.15, 0.2) is 0 Å². The summed E-state index contributed by atoms with van der Waals surface area (Å²) in [7, 11) is 0. The normalized spacial score (nSPS) is 24.4. The van der Waals surface area contributed by atoms with Gasteiger partial charge in [0.05, 0.1) is 13.2 Å². The monoisotopic (exact) mass is 249 g/mol. The molecule has 0 aromatic rings. The summed E-state index contributed by atoms with van der Waals surface area (Å²) >= 11 is 0. The Hall–Kier alpha value is -0.860. The number of ether oxygens (including phenoxy) is 1. The third-order valence-electron chi connectivity index (χ3n) is 3.46. The molecular weight excluding hydrogens is 222 g/mol. The molecule has 1 atom stereocenters. The number of rotatable bonds is 7. The summed E-state index contributed by atoms with van der Waals surface area (Å²) in [6, 6.07) is 0. The fraction of sp³-hybridized carbons (Fsp3) is 0.625. The highest BCUT2D eigenvalue weighted by Crippen LogP contribution is 2.15. The first-order valence-corrected chi connectivity index (χ1v) is 7.10. The second kappa shape index (κ2) is 9.12. The number of nitrogens with zero attached hydrogens (tertiary/aromatic N) is 1. The fourth-order valence-electron chi connectivity index (χ4n) is 2.03. The van der Waals surface area contributed by atoms with Gasteiger partial charge in [-0.15, -0.1) is 0 Å². The van der Waals surface area contributed by atoms with Gasteiger partial charge in [-0.3, -0.25) is 0 Å². The third kappa shape index (κ3) is 5.65. The Morgan fingerprint density at radius 1 is 1.28 bits per heavy atom. The van der Waals surface area contributed by atoms with E-state index >= 15 is 0 Å². The molecule has 2 heteroatoms. The minimum absolute atomic E-state index is 0.489. The number of allylic oxidation sites excluding steroid dienone is 5. The van der Waals surface area contributed by atoms with E-state index in [4.69, 9.17) is 4.74 Å². The van der Waals surface area contributed by atoms with Gasteiger partial charge < -0.3 is 9.64 Å². The van der Waals surface area contributed by atoms with Crippen molar-refractivity contribution in [3.05, 3.63) is 36.0 Å². The maximum Gasteiger partial charge on any atom is 0.0683 e. The molecule has 18 heavy (non-hydrogen) atoms. The Morgan fingerprint density at radius 3 is 2.78 bits per heavy atom. The van der Waals surface area contributed by atoms with Gasteiger partial charge in [-0.1, -0.05) is 51.2 Å². The largest absolute Gasteiger partial charge is 0.376 e. The Morgan fingerprint density at radius 2 is 2.06 bits per heavy atom. The van der Waals surface area contributed by atoms with Crippen LogP contribution in [-0.2, 0) is 4.74 Å². The number of hydrogen-bond donors (Lipinski definition) is 0. The molecule has 1 rings (SSSR count). The molecule has 0 aromatic heterocycles. The van der Waals surface area contributed by atoms with Crippen molar-refractivity contribution in [2.45, 2.75) is 27.2 Å². The van der Waals surface area contributed by atoms with E-state index in [1.54, 1.807) is 0 Å². The molecule has 0 spiro atoms. The van der Waals surface area contributed by atoms with Crippen LogP contribution < -0.4 is 0 Å². The van der Waals surface area contributed by atoms with Crippen molar-refractivity contribution < 1.29 is 4.74 Å². The first-order chi connectivity index (χ1) is 8.77. The van der Waals surface area contributed by atoms with Gasteiger partial charge in [0.25, 0.3) is 0 Å². The summed E-state index contributed by atoms with van der Waals surface area (Å²) in [6.45, 7) is 11.4. The number of hydrogen-bond acceptors (Lipinski definition) is 2. The van der Waals surface area contributed by atoms with Crippen LogP contribution in [0.1, 0.15) is 27.2 Å².